The summed E-state index contributed by atoms with van der Waals surface area (Å²) < 4.78 is 17.2. The molecule has 1 atom stereocenters. The van der Waals surface area contributed by atoms with Gasteiger partial charge >= 0.3 is 7.12 Å². The number of benzene rings is 2. The smallest absolute Gasteiger partial charge is 0.423 e. The van der Waals surface area contributed by atoms with Gasteiger partial charge in [0.15, 0.2) is 5.82 Å². The molecule has 8 heteroatoms. The van der Waals surface area contributed by atoms with E-state index in [1.165, 1.54) is 24.7 Å². The van der Waals surface area contributed by atoms with E-state index in [-0.39, 0.29) is 0 Å². The van der Waals surface area contributed by atoms with Crippen LogP contribution in [0.2, 0.25) is 0 Å². The Bertz CT molecular complexity index is 962. The molecule has 0 spiro atoms. The van der Waals surface area contributed by atoms with Crippen molar-refractivity contribution in [2.24, 2.45) is 4.36 Å². The maximum absolute atomic E-state index is 12.9. The largest absolute Gasteiger partial charge is 0.488 e. The first-order chi connectivity index (χ1) is 11.0. The molecule has 0 saturated carbocycles. The molecule has 3 aromatic rings. The van der Waals surface area contributed by atoms with E-state index >= 15 is 0 Å². The molecule has 1 unspecified atom stereocenters. The van der Waals surface area contributed by atoms with Crippen LogP contribution >= 0.6 is 0 Å². The average molecular weight is 327 g/mol. The number of hydrogen-bond acceptors (Lipinski definition) is 6. The van der Waals surface area contributed by atoms with Gasteiger partial charge in [-0.1, -0.05) is 24.3 Å². The molecule has 1 heterocycles. The van der Waals surface area contributed by atoms with Gasteiger partial charge in [0.05, 0.1) is 15.2 Å². The molecule has 2 N–H and O–H groups in total. The van der Waals surface area contributed by atoms with Crippen LogP contribution in [0.15, 0.2) is 64.1 Å². The van der Waals surface area contributed by atoms with Gasteiger partial charge in [-0.2, -0.15) is 4.36 Å². The van der Waals surface area contributed by atoms with E-state index in [4.69, 9.17) is 10.0 Å². The predicted molar refractivity (Wildman–Crippen MR) is 90.2 cm³/mol. The van der Waals surface area contributed by atoms with E-state index < -0.39 is 16.8 Å². The summed E-state index contributed by atoms with van der Waals surface area (Å²) in [5.74, 6) is 0.370. The van der Waals surface area contributed by atoms with E-state index in [9.17, 15) is 4.21 Å². The Kier molecular flexibility index (Phi) is 4.12. The molecular weight excluding hydrogens is 313 g/mol. The highest BCUT2D eigenvalue weighted by Gasteiger charge is 2.13. The van der Waals surface area contributed by atoms with Gasteiger partial charge in [-0.25, -0.2) is 14.2 Å². The van der Waals surface area contributed by atoms with Gasteiger partial charge in [0.2, 0.25) is 0 Å². The Morgan fingerprint density at radius 1 is 1.04 bits per heavy atom. The first-order valence-electron chi connectivity index (χ1n) is 6.85. The van der Waals surface area contributed by atoms with Crippen LogP contribution in [0.3, 0.4) is 0 Å². The second-order valence-corrected chi connectivity index (χ2v) is 7.31. The first kappa shape index (κ1) is 15.6. The van der Waals surface area contributed by atoms with Crippen LogP contribution in [-0.2, 0) is 9.73 Å². The van der Waals surface area contributed by atoms with Crippen molar-refractivity contribution >= 4 is 39.0 Å². The molecule has 3 rings (SSSR count). The molecule has 0 aliphatic carbocycles. The Morgan fingerprint density at radius 3 is 2.43 bits per heavy atom. The lowest BCUT2D eigenvalue weighted by Crippen LogP contribution is -2.29. The zero-order valence-corrected chi connectivity index (χ0v) is 13.1. The third-order valence-electron chi connectivity index (χ3n) is 3.40. The van der Waals surface area contributed by atoms with Crippen molar-refractivity contribution in [3.63, 3.8) is 0 Å². The summed E-state index contributed by atoms with van der Waals surface area (Å²) in [6.07, 6.45) is 2.91. The molecule has 0 fully saturated rings. The summed E-state index contributed by atoms with van der Waals surface area (Å²) in [7, 11) is -4.28. The highest BCUT2D eigenvalue weighted by atomic mass is 32.2. The van der Waals surface area contributed by atoms with Gasteiger partial charge < -0.3 is 10.0 Å². The van der Waals surface area contributed by atoms with Gasteiger partial charge in [-0.05, 0) is 29.7 Å². The molecule has 1 aromatic heterocycles. The molecule has 0 radical (unpaired) electrons. The molecule has 0 aliphatic rings. The third-order valence-corrected chi connectivity index (χ3v) is 5.07. The minimum atomic E-state index is -2.73. The summed E-state index contributed by atoms with van der Waals surface area (Å²) in [5, 5.41) is 19.0. The molecule has 116 valence electrons. The van der Waals surface area contributed by atoms with Crippen molar-refractivity contribution in [3.05, 3.63) is 54.9 Å². The summed E-state index contributed by atoms with van der Waals surface area (Å²) in [4.78, 5) is 8.77. The van der Waals surface area contributed by atoms with Crippen molar-refractivity contribution in [3.8, 4) is 0 Å². The lowest BCUT2D eigenvalue weighted by atomic mass is 9.81. The van der Waals surface area contributed by atoms with Gasteiger partial charge in [-0.3, -0.25) is 0 Å². The Labute approximate surface area is 134 Å². The van der Waals surface area contributed by atoms with Crippen molar-refractivity contribution < 1.29 is 14.3 Å². The number of rotatable bonds is 3. The monoisotopic (exact) mass is 327 g/mol. The van der Waals surface area contributed by atoms with Gasteiger partial charge in [0.25, 0.3) is 0 Å². The zero-order valence-electron chi connectivity index (χ0n) is 12.3. The zero-order chi connectivity index (χ0) is 16.4. The van der Waals surface area contributed by atoms with Gasteiger partial charge in [0, 0.05) is 16.5 Å². The molecule has 0 saturated heterocycles. The van der Waals surface area contributed by atoms with Gasteiger partial charge in [-0.15, -0.1) is 0 Å². The predicted octanol–water partition coefficient (Wildman–Crippen LogP) is 1.10. The van der Waals surface area contributed by atoms with Crippen LogP contribution in [0, 0.1) is 0 Å². The number of aromatic nitrogens is 2. The number of fused-ring (bicyclic) bond motifs is 1. The molecule has 0 aliphatic heterocycles. The second-order valence-electron chi connectivity index (χ2n) is 5.05. The fourth-order valence-corrected chi connectivity index (χ4v) is 3.40. The summed E-state index contributed by atoms with van der Waals surface area (Å²) in [6, 6.07) is 13.5. The molecule has 2 aromatic carbocycles. The van der Waals surface area contributed by atoms with E-state index in [0.717, 1.165) is 10.9 Å². The van der Waals surface area contributed by atoms with Crippen molar-refractivity contribution in [1.29, 1.82) is 0 Å². The topological polar surface area (TPSA) is 95.7 Å². The summed E-state index contributed by atoms with van der Waals surface area (Å²) in [5.41, 5.74) is 1.06. The highest BCUT2D eigenvalue weighted by molar-refractivity contribution is 7.93. The van der Waals surface area contributed by atoms with Crippen LogP contribution in [0.4, 0.5) is 5.82 Å². The van der Waals surface area contributed by atoms with Crippen molar-refractivity contribution in [2.75, 3.05) is 6.26 Å². The lowest BCUT2D eigenvalue weighted by Gasteiger charge is -2.07. The Hall–Kier alpha value is -2.29. The Morgan fingerprint density at radius 2 is 1.74 bits per heavy atom. The molecular formula is C15H14BN3O3S. The summed E-state index contributed by atoms with van der Waals surface area (Å²) in [6.45, 7) is 0. The fraction of sp³-hybridized carbons (Fsp3) is 0.0667. The molecule has 6 nitrogen and oxygen atoms in total. The van der Waals surface area contributed by atoms with E-state index in [0.29, 0.717) is 16.2 Å². The van der Waals surface area contributed by atoms with Gasteiger partial charge in [0.1, 0.15) is 6.33 Å². The third kappa shape index (κ3) is 3.24. The van der Waals surface area contributed by atoms with E-state index in [1.807, 2.05) is 24.3 Å². The normalized spacial score (nSPS) is 13.5. The maximum atomic E-state index is 12.9. The summed E-state index contributed by atoms with van der Waals surface area (Å²) >= 11 is 0. The number of hydrogen-bond donors (Lipinski definition) is 2. The Balaban J connectivity index is 2.10. The van der Waals surface area contributed by atoms with Crippen LogP contribution in [0.5, 0.6) is 0 Å². The maximum Gasteiger partial charge on any atom is 0.488 e. The highest BCUT2D eigenvalue weighted by Crippen LogP contribution is 2.24. The second kappa shape index (κ2) is 6.07. The first-order valence-corrected chi connectivity index (χ1v) is 8.78. The van der Waals surface area contributed by atoms with E-state index in [2.05, 4.69) is 14.3 Å². The number of para-hydroxylation sites is 1. The SMILES string of the molecule is CS(=O)(=Nc1ncnc2ccccc12)c1ccc(B(O)O)cc1. The average Bonchev–Trinajstić information content (AvgIpc) is 2.55. The van der Waals surface area contributed by atoms with Crippen LogP contribution in [0.25, 0.3) is 10.9 Å². The molecule has 0 amide bonds. The van der Waals surface area contributed by atoms with Crippen LogP contribution < -0.4 is 5.46 Å². The van der Waals surface area contributed by atoms with E-state index in [1.54, 1.807) is 12.1 Å². The minimum Gasteiger partial charge on any atom is -0.423 e. The number of nitrogens with zero attached hydrogens (tertiary/aromatic N) is 3. The standard InChI is InChI=1S/C15H14BN3O3S/c1-23(22,12-8-6-11(7-9-12)16(20)21)19-15-13-4-2-3-5-14(13)17-10-18-15/h2-10,20-21H,1H3. The fourth-order valence-electron chi connectivity index (χ4n) is 2.17. The lowest BCUT2D eigenvalue weighted by molar-refractivity contribution is 0.425. The minimum absolute atomic E-state index is 0.330. The van der Waals surface area contributed by atoms with Crippen molar-refractivity contribution in [2.45, 2.75) is 4.90 Å². The quantitative estimate of drug-likeness (QED) is 0.702. The van der Waals surface area contributed by atoms with Crippen LogP contribution in [0.1, 0.15) is 0 Å². The molecule has 0 bridgehead atoms. The van der Waals surface area contributed by atoms with Crippen LogP contribution in [-0.4, -0.2) is 37.6 Å². The van der Waals surface area contributed by atoms with Crippen molar-refractivity contribution in [1.82, 2.24) is 9.97 Å². The molecule has 23 heavy (non-hydrogen) atoms.